The SMILES string of the molecule is CN(C)P1OC(c2ccccc2)(c2ccccc2)[C@H]2OC(C)(C)O[C@@H]2C(c2ccccc2)(c2ccccc2)O1.S. The number of rotatable bonds is 5. The molecule has 0 N–H and O–H groups in total. The molecule has 2 atom stereocenters. The number of hydrogen-bond donors (Lipinski definition) is 0. The van der Waals surface area contributed by atoms with E-state index in [0.717, 1.165) is 22.3 Å². The standard InChI is InChI=1S/C33H34NO4P.H2S/c1-31(2)35-29-30(36-31)33(27-21-13-7-14-22-27,28-23-15-8-16-24-28)38-39(34(3)4)37-32(29,25-17-9-5-10-18-25)26-19-11-6-12-20-26;/h5-24,29-30H,1-4H3;1H2/t29-,30-;/m0./s1. The molecule has 2 aliphatic heterocycles. The summed E-state index contributed by atoms with van der Waals surface area (Å²) in [6.45, 7) is 3.94. The molecule has 2 fully saturated rings. The fourth-order valence-electron chi connectivity index (χ4n) is 5.83. The molecule has 0 bridgehead atoms. The summed E-state index contributed by atoms with van der Waals surface area (Å²) < 4.78 is 30.5. The lowest BCUT2D eigenvalue weighted by molar-refractivity contribution is -0.175. The van der Waals surface area contributed by atoms with E-state index in [1.54, 1.807) is 0 Å². The average Bonchev–Trinajstić information content (AvgIpc) is 3.24. The minimum atomic E-state index is -1.61. The van der Waals surface area contributed by atoms with Crippen molar-refractivity contribution < 1.29 is 18.5 Å². The maximum atomic E-state index is 7.30. The average molecular weight is 574 g/mol. The smallest absolute Gasteiger partial charge is 0.260 e. The molecule has 2 aliphatic rings. The summed E-state index contributed by atoms with van der Waals surface area (Å²) in [5.74, 6) is -0.885. The van der Waals surface area contributed by atoms with E-state index in [9.17, 15) is 0 Å². The Bertz CT molecular complexity index is 1210. The van der Waals surface area contributed by atoms with Crippen molar-refractivity contribution in [1.29, 1.82) is 0 Å². The molecule has 0 unspecified atom stereocenters. The van der Waals surface area contributed by atoms with Crippen LogP contribution >= 0.6 is 22.0 Å². The van der Waals surface area contributed by atoms with Crippen LogP contribution in [0.2, 0.25) is 0 Å². The number of hydrogen-bond acceptors (Lipinski definition) is 5. The lowest BCUT2D eigenvalue weighted by atomic mass is 9.72. The molecule has 2 saturated heterocycles. The number of benzene rings is 4. The Balaban J connectivity index is 0.00000323. The van der Waals surface area contributed by atoms with Gasteiger partial charge in [0.1, 0.15) is 12.2 Å². The van der Waals surface area contributed by atoms with Crippen LogP contribution in [0.15, 0.2) is 121 Å². The van der Waals surface area contributed by atoms with Crippen molar-refractivity contribution >= 4 is 22.0 Å². The van der Waals surface area contributed by atoms with E-state index in [4.69, 9.17) is 18.5 Å². The molecule has 0 saturated carbocycles. The first kappa shape index (κ1) is 29.0. The summed E-state index contributed by atoms with van der Waals surface area (Å²) in [7, 11) is 2.39. The highest BCUT2D eigenvalue weighted by molar-refractivity contribution is 7.59. The van der Waals surface area contributed by atoms with E-state index in [1.807, 2.05) is 105 Å². The second-order valence-corrected chi connectivity index (χ2v) is 12.3. The molecule has 0 radical (unpaired) electrons. The molecule has 4 aromatic rings. The van der Waals surface area contributed by atoms with Crippen molar-refractivity contribution in [1.82, 2.24) is 4.67 Å². The first-order chi connectivity index (χ1) is 18.9. The number of nitrogens with zero attached hydrogens (tertiary/aromatic N) is 1. The van der Waals surface area contributed by atoms with Gasteiger partial charge in [-0.2, -0.15) is 13.5 Å². The molecule has 5 nitrogen and oxygen atoms in total. The molecular weight excluding hydrogens is 537 g/mol. The second-order valence-electron chi connectivity index (χ2n) is 10.7. The fourth-order valence-corrected chi connectivity index (χ4v) is 7.32. The maximum Gasteiger partial charge on any atom is 0.260 e. The van der Waals surface area contributed by atoms with Crippen LogP contribution in [0.1, 0.15) is 36.1 Å². The molecule has 2 heterocycles. The summed E-state index contributed by atoms with van der Waals surface area (Å²) in [6, 6.07) is 41.4. The van der Waals surface area contributed by atoms with Gasteiger partial charge in [-0.1, -0.05) is 121 Å². The van der Waals surface area contributed by atoms with E-state index in [-0.39, 0.29) is 13.5 Å². The second kappa shape index (κ2) is 11.4. The van der Waals surface area contributed by atoms with Crippen LogP contribution in [-0.2, 0) is 29.7 Å². The molecule has 0 aromatic heterocycles. The van der Waals surface area contributed by atoms with Gasteiger partial charge in [0.15, 0.2) is 17.0 Å². The Morgan fingerprint density at radius 2 is 0.800 bits per heavy atom. The van der Waals surface area contributed by atoms with Crippen LogP contribution in [0.3, 0.4) is 0 Å². The highest BCUT2D eigenvalue weighted by Crippen LogP contribution is 2.65. The Morgan fingerprint density at radius 1 is 0.525 bits per heavy atom. The van der Waals surface area contributed by atoms with Gasteiger partial charge in [-0.05, 0) is 50.2 Å². The zero-order chi connectivity index (χ0) is 27.1. The fraction of sp³-hybridized carbons (Fsp3) is 0.273. The van der Waals surface area contributed by atoms with Gasteiger partial charge in [0.25, 0.3) is 8.53 Å². The van der Waals surface area contributed by atoms with Gasteiger partial charge < -0.3 is 18.5 Å². The van der Waals surface area contributed by atoms with Crippen LogP contribution < -0.4 is 0 Å². The number of ether oxygens (including phenoxy) is 2. The van der Waals surface area contributed by atoms with Gasteiger partial charge in [-0.15, -0.1) is 0 Å². The highest BCUT2D eigenvalue weighted by atomic mass is 32.1. The molecule has 0 amide bonds. The molecule has 40 heavy (non-hydrogen) atoms. The molecule has 0 spiro atoms. The van der Waals surface area contributed by atoms with Crippen LogP contribution in [0.4, 0.5) is 0 Å². The zero-order valence-electron chi connectivity index (χ0n) is 23.2. The topological polar surface area (TPSA) is 40.2 Å². The normalized spacial score (nSPS) is 23.1. The lowest BCUT2D eigenvalue weighted by Gasteiger charge is -2.41. The number of fused-ring (bicyclic) bond motifs is 1. The Morgan fingerprint density at radius 3 is 1.05 bits per heavy atom. The molecule has 6 rings (SSSR count). The third kappa shape index (κ3) is 4.82. The van der Waals surface area contributed by atoms with E-state index in [2.05, 4.69) is 48.5 Å². The van der Waals surface area contributed by atoms with Crippen LogP contribution in [0.25, 0.3) is 0 Å². The van der Waals surface area contributed by atoms with Crippen LogP contribution in [-0.4, -0.2) is 36.8 Å². The summed E-state index contributed by atoms with van der Waals surface area (Å²) in [5.41, 5.74) is 1.93. The molecular formula is C33H36NO4PS. The van der Waals surface area contributed by atoms with E-state index >= 15 is 0 Å². The molecule has 0 aliphatic carbocycles. The predicted octanol–water partition coefficient (Wildman–Crippen LogP) is 7.34. The van der Waals surface area contributed by atoms with Gasteiger partial charge in [0.05, 0.1) is 0 Å². The van der Waals surface area contributed by atoms with Gasteiger partial charge in [-0.25, -0.2) is 4.67 Å². The lowest BCUT2D eigenvalue weighted by Crippen LogP contribution is -2.53. The van der Waals surface area contributed by atoms with Gasteiger partial charge in [0.2, 0.25) is 0 Å². The van der Waals surface area contributed by atoms with Gasteiger partial charge in [-0.3, -0.25) is 0 Å². The van der Waals surface area contributed by atoms with E-state index in [1.165, 1.54) is 0 Å². The summed E-state index contributed by atoms with van der Waals surface area (Å²) in [4.78, 5) is 0. The Hall–Kier alpha value is -2.54. The van der Waals surface area contributed by atoms with Crippen molar-refractivity contribution in [2.45, 2.75) is 43.0 Å². The quantitative estimate of drug-likeness (QED) is 0.234. The first-order valence-corrected chi connectivity index (χ1v) is 14.4. The summed E-state index contributed by atoms with van der Waals surface area (Å²) in [6.07, 6.45) is -1.10. The molecule has 7 heteroatoms. The molecule has 4 aromatic carbocycles. The van der Waals surface area contributed by atoms with Crippen LogP contribution in [0, 0.1) is 0 Å². The van der Waals surface area contributed by atoms with Crippen molar-refractivity contribution in [3.05, 3.63) is 144 Å². The first-order valence-electron chi connectivity index (χ1n) is 13.3. The third-order valence-electron chi connectivity index (χ3n) is 7.48. The largest absolute Gasteiger partial charge is 0.341 e. The monoisotopic (exact) mass is 573 g/mol. The van der Waals surface area contributed by atoms with Crippen molar-refractivity contribution in [2.75, 3.05) is 14.1 Å². The predicted molar refractivity (Wildman–Crippen MR) is 164 cm³/mol. The minimum Gasteiger partial charge on any atom is -0.341 e. The maximum absolute atomic E-state index is 7.30. The molecule has 208 valence electrons. The van der Waals surface area contributed by atoms with Crippen molar-refractivity contribution in [3.8, 4) is 0 Å². The van der Waals surface area contributed by atoms with E-state index in [0.29, 0.717) is 0 Å². The van der Waals surface area contributed by atoms with E-state index < -0.39 is 37.7 Å². The third-order valence-corrected chi connectivity index (χ3v) is 9.02. The van der Waals surface area contributed by atoms with Crippen LogP contribution in [0.5, 0.6) is 0 Å². The van der Waals surface area contributed by atoms with Gasteiger partial charge >= 0.3 is 0 Å². The summed E-state index contributed by atoms with van der Waals surface area (Å²) >= 11 is 0. The summed E-state index contributed by atoms with van der Waals surface area (Å²) in [5, 5.41) is 0. The van der Waals surface area contributed by atoms with Gasteiger partial charge in [0, 0.05) is 0 Å². The Labute approximate surface area is 245 Å². The Kier molecular flexibility index (Phi) is 8.24. The van der Waals surface area contributed by atoms with Crippen molar-refractivity contribution in [2.24, 2.45) is 0 Å². The van der Waals surface area contributed by atoms with Crippen molar-refractivity contribution in [3.63, 3.8) is 0 Å². The highest BCUT2D eigenvalue weighted by Gasteiger charge is 2.67. The minimum absolute atomic E-state index is 0. The zero-order valence-corrected chi connectivity index (χ0v) is 25.1.